The number of nitrogens with one attached hydrogen (secondary N) is 1. The number of amides is 1. The van der Waals surface area contributed by atoms with E-state index in [4.69, 9.17) is 14.0 Å². The monoisotopic (exact) mass is 534 g/mol. The summed E-state index contributed by atoms with van der Waals surface area (Å²) in [5.74, 6) is -1.72. The molecule has 1 fully saturated rings. The molecule has 1 aliphatic carbocycles. The summed E-state index contributed by atoms with van der Waals surface area (Å²) in [4.78, 5) is 33.2. The minimum absolute atomic E-state index is 0.0819. The van der Waals surface area contributed by atoms with Crippen molar-refractivity contribution in [3.8, 4) is 11.5 Å². The van der Waals surface area contributed by atoms with Crippen LogP contribution in [-0.4, -0.2) is 34.1 Å². The molecular weight excluding hydrogens is 510 g/mol. The fourth-order valence-electron chi connectivity index (χ4n) is 4.70. The van der Waals surface area contributed by atoms with Gasteiger partial charge in [0.05, 0.1) is 19.1 Å². The molecule has 1 N–H and O–H groups in total. The summed E-state index contributed by atoms with van der Waals surface area (Å²) in [7, 11) is 1.38. The smallest absolute Gasteiger partial charge is 0.308 e. The van der Waals surface area contributed by atoms with Crippen molar-refractivity contribution in [3.63, 3.8) is 0 Å². The third-order valence-electron chi connectivity index (χ3n) is 6.56. The summed E-state index contributed by atoms with van der Waals surface area (Å²) in [5.41, 5.74) is 1.63. The molecule has 5 rings (SSSR count). The number of pyridine rings is 1. The largest absolute Gasteiger partial charge is 0.493 e. The highest BCUT2D eigenvalue weighted by molar-refractivity contribution is 5.96. The van der Waals surface area contributed by atoms with Gasteiger partial charge in [-0.05, 0) is 42.3 Å². The van der Waals surface area contributed by atoms with Crippen LogP contribution in [0, 0.1) is 11.6 Å². The predicted molar refractivity (Wildman–Crippen MR) is 133 cm³/mol. The number of hydrogen-bond acceptors (Lipinski definition) is 8. The molecule has 2 aromatic carbocycles. The molecule has 39 heavy (non-hydrogen) atoms. The number of ether oxygens (including phenoxy) is 2. The summed E-state index contributed by atoms with van der Waals surface area (Å²) in [6.07, 6.45) is 1.36. The van der Waals surface area contributed by atoms with Gasteiger partial charge in [-0.1, -0.05) is 29.4 Å². The lowest BCUT2D eigenvalue weighted by molar-refractivity contribution is -0.132. The van der Waals surface area contributed by atoms with E-state index in [0.29, 0.717) is 5.89 Å². The summed E-state index contributed by atoms with van der Waals surface area (Å²) >= 11 is 0. The number of carbonyl (C=O) groups excluding carboxylic acids is 2. The maximum atomic E-state index is 13.6. The van der Waals surface area contributed by atoms with Gasteiger partial charge in [0.25, 0.3) is 5.91 Å². The van der Waals surface area contributed by atoms with Gasteiger partial charge < -0.3 is 19.3 Å². The molecule has 2 unspecified atom stereocenters. The van der Waals surface area contributed by atoms with Crippen LogP contribution in [0.5, 0.6) is 11.5 Å². The van der Waals surface area contributed by atoms with Gasteiger partial charge in [-0.25, -0.2) is 13.8 Å². The molecule has 2 aromatic heterocycles. The number of hydrogen-bond donors (Lipinski definition) is 1. The second kappa shape index (κ2) is 10.6. The summed E-state index contributed by atoms with van der Waals surface area (Å²) in [6, 6.07) is 13.2. The number of esters is 1. The van der Waals surface area contributed by atoms with Gasteiger partial charge in [-0.2, -0.15) is 4.98 Å². The molecule has 11 heteroatoms. The molecular formula is C28H24F2N4O5. The zero-order valence-electron chi connectivity index (χ0n) is 21.2. The maximum Gasteiger partial charge on any atom is 0.308 e. The van der Waals surface area contributed by atoms with E-state index in [9.17, 15) is 18.4 Å². The van der Waals surface area contributed by atoms with E-state index in [1.165, 1.54) is 50.6 Å². The van der Waals surface area contributed by atoms with Crippen molar-refractivity contribution in [2.24, 2.45) is 0 Å². The average Bonchev–Trinajstić information content (AvgIpc) is 3.45. The molecule has 1 amide bonds. The Hall–Kier alpha value is -4.67. The van der Waals surface area contributed by atoms with Crippen LogP contribution in [0.3, 0.4) is 0 Å². The van der Waals surface area contributed by atoms with E-state index < -0.39 is 17.9 Å². The molecule has 0 aliphatic heterocycles. The average molecular weight is 535 g/mol. The Balaban J connectivity index is 1.37. The van der Waals surface area contributed by atoms with E-state index >= 15 is 0 Å². The minimum Gasteiger partial charge on any atom is -0.493 e. The molecule has 0 bridgehead atoms. The van der Waals surface area contributed by atoms with Gasteiger partial charge in [-0.15, -0.1) is 0 Å². The fourth-order valence-corrected chi connectivity index (χ4v) is 4.70. The molecule has 3 atom stereocenters. The van der Waals surface area contributed by atoms with Crippen LogP contribution >= 0.6 is 0 Å². The van der Waals surface area contributed by atoms with Crippen molar-refractivity contribution in [2.45, 2.75) is 37.6 Å². The van der Waals surface area contributed by atoms with E-state index in [0.717, 1.165) is 11.1 Å². The maximum absolute atomic E-state index is 13.6. The topological polar surface area (TPSA) is 116 Å². The van der Waals surface area contributed by atoms with Crippen molar-refractivity contribution in [1.82, 2.24) is 20.4 Å². The lowest BCUT2D eigenvalue weighted by atomic mass is 10.0. The molecule has 2 heterocycles. The van der Waals surface area contributed by atoms with Crippen molar-refractivity contribution in [1.29, 1.82) is 0 Å². The first-order chi connectivity index (χ1) is 18.8. The van der Waals surface area contributed by atoms with Crippen molar-refractivity contribution in [3.05, 3.63) is 101 Å². The van der Waals surface area contributed by atoms with Crippen LogP contribution in [0.2, 0.25) is 0 Å². The molecule has 0 saturated heterocycles. The number of rotatable bonds is 8. The lowest BCUT2D eigenvalue weighted by Gasteiger charge is -2.14. The minimum atomic E-state index is -0.694. The number of halogens is 2. The van der Waals surface area contributed by atoms with Crippen LogP contribution in [0.25, 0.3) is 0 Å². The Morgan fingerprint density at radius 2 is 1.54 bits per heavy atom. The van der Waals surface area contributed by atoms with Crippen LogP contribution in [0.15, 0.2) is 65.3 Å². The van der Waals surface area contributed by atoms with E-state index in [1.807, 2.05) is 0 Å². The molecule has 4 aromatic rings. The van der Waals surface area contributed by atoms with Crippen molar-refractivity contribution >= 4 is 11.9 Å². The molecule has 9 nitrogen and oxygen atoms in total. The Labute approximate surface area is 222 Å². The van der Waals surface area contributed by atoms with Crippen LogP contribution in [0.1, 0.15) is 71.0 Å². The van der Waals surface area contributed by atoms with Gasteiger partial charge in [-0.3, -0.25) is 9.59 Å². The van der Waals surface area contributed by atoms with E-state index in [-0.39, 0.29) is 52.4 Å². The second-order valence-corrected chi connectivity index (χ2v) is 9.15. The first-order valence-corrected chi connectivity index (χ1v) is 12.1. The van der Waals surface area contributed by atoms with Crippen molar-refractivity contribution in [2.75, 3.05) is 7.11 Å². The van der Waals surface area contributed by atoms with Gasteiger partial charge >= 0.3 is 5.97 Å². The highest BCUT2D eigenvalue weighted by atomic mass is 19.1. The number of carbonyl (C=O) groups is 2. The number of benzene rings is 2. The standard InChI is InChI=1S/C28H24F2N4O5/c1-14(32-27(36)24-25(38-15(2)35)20(37-3)12-13-31-24)26-33-28(39-34-26)23-21(16-4-8-18(29)9-5-16)22(23)17-6-10-19(30)11-7-17/h4-14,21-23H,1-3H3,(H,32,36)/t14-,21?,22?,23?/m0/s1. The molecule has 0 spiro atoms. The number of methoxy groups -OCH3 is 1. The van der Waals surface area contributed by atoms with Gasteiger partial charge in [0.1, 0.15) is 11.6 Å². The summed E-state index contributed by atoms with van der Waals surface area (Å²) in [5, 5.41) is 6.79. The SMILES string of the molecule is COc1ccnc(C(=O)N[C@@H](C)c2noc(C3C(c4ccc(F)cc4)C3c3ccc(F)cc3)n2)c1OC(C)=O. The zero-order chi connectivity index (χ0) is 27.7. The quantitative estimate of drug-likeness (QED) is 0.320. The van der Waals surface area contributed by atoms with E-state index in [1.54, 1.807) is 31.2 Å². The van der Waals surface area contributed by atoms with E-state index in [2.05, 4.69) is 20.4 Å². The molecule has 1 saturated carbocycles. The Kier molecular flexibility index (Phi) is 7.05. The number of nitrogens with zero attached hydrogens (tertiary/aromatic N) is 3. The van der Waals surface area contributed by atoms with Crippen LogP contribution in [-0.2, 0) is 4.79 Å². The van der Waals surface area contributed by atoms with Crippen molar-refractivity contribution < 1.29 is 32.4 Å². The lowest BCUT2D eigenvalue weighted by Crippen LogP contribution is -2.29. The highest BCUT2D eigenvalue weighted by Crippen LogP contribution is 2.65. The molecule has 0 radical (unpaired) electrons. The second-order valence-electron chi connectivity index (χ2n) is 9.15. The molecule has 1 aliphatic rings. The third-order valence-corrected chi connectivity index (χ3v) is 6.56. The Morgan fingerprint density at radius 1 is 0.949 bits per heavy atom. The van der Waals surface area contributed by atoms with Crippen LogP contribution < -0.4 is 14.8 Å². The molecule has 200 valence electrons. The normalized spacial score (nSPS) is 18.7. The highest BCUT2D eigenvalue weighted by Gasteiger charge is 2.56. The number of aromatic nitrogens is 3. The predicted octanol–water partition coefficient (Wildman–Crippen LogP) is 4.83. The Morgan fingerprint density at radius 3 is 2.08 bits per heavy atom. The first kappa shape index (κ1) is 26.0. The summed E-state index contributed by atoms with van der Waals surface area (Å²) in [6.45, 7) is 2.87. The zero-order valence-corrected chi connectivity index (χ0v) is 21.2. The first-order valence-electron chi connectivity index (χ1n) is 12.1. The fraction of sp³-hybridized carbons (Fsp3) is 0.250. The van der Waals surface area contributed by atoms with Crippen LogP contribution in [0.4, 0.5) is 8.78 Å². The Bertz CT molecular complexity index is 1460. The third kappa shape index (κ3) is 5.33. The van der Waals surface area contributed by atoms with Gasteiger partial charge in [0, 0.05) is 31.0 Å². The van der Waals surface area contributed by atoms with Gasteiger partial charge in [0.15, 0.2) is 17.3 Å². The summed E-state index contributed by atoms with van der Waals surface area (Å²) < 4.78 is 43.0. The van der Waals surface area contributed by atoms with Gasteiger partial charge in [0.2, 0.25) is 11.6 Å².